The molecule has 3 aromatic rings. The molecule has 176 valence electrons. The lowest BCUT2D eigenvalue weighted by Crippen LogP contribution is -2.10. The number of alkyl halides is 1. The molecule has 5 rings (SSSR count). The molecule has 34 heavy (non-hydrogen) atoms. The number of hydrogen-bond acceptors (Lipinski definition) is 4. The summed E-state index contributed by atoms with van der Waals surface area (Å²) in [6, 6.07) is 7.94. The molecule has 0 radical (unpaired) electrons. The Kier molecular flexibility index (Phi) is 7.80. The largest absolute Gasteiger partial charge is 0.379 e. The number of nitrogens with one attached hydrogen (secondary N) is 2. The van der Waals surface area contributed by atoms with Crippen molar-refractivity contribution in [3.63, 3.8) is 0 Å². The minimum Gasteiger partial charge on any atom is -0.379 e. The molecule has 0 aliphatic heterocycles. The summed E-state index contributed by atoms with van der Waals surface area (Å²) in [6.45, 7) is 4.58. The maximum atomic E-state index is 12.3. The zero-order valence-corrected chi connectivity index (χ0v) is 20.3. The number of rotatable bonds is 7. The van der Waals surface area contributed by atoms with Crippen LogP contribution in [0.15, 0.2) is 78.8 Å². The van der Waals surface area contributed by atoms with Crippen molar-refractivity contribution < 1.29 is 4.79 Å². The first kappa shape index (κ1) is 23.8. The van der Waals surface area contributed by atoms with Gasteiger partial charge < -0.3 is 15.0 Å². The van der Waals surface area contributed by atoms with E-state index in [0.29, 0.717) is 18.8 Å². The predicted molar refractivity (Wildman–Crippen MR) is 139 cm³/mol. The molecular formula is C27H30ClN5O. The fraction of sp³-hybridized carbons (Fsp3) is 0.296. The first-order chi connectivity index (χ1) is 16.6. The van der Waals surface area contributed by atoms with Crippen LogP contribution in [0.5, 0.6) is 0 Å². The molecule has 1 amide bonds. The van der Waals surface area contributed by atoms with Crippen molar-refractivity contribution in [2.45, 2.75) is 50.9 Å². The molecule has 2 aliphatic rings. The van der Waals surface area contributed by atoms with Gasteiger partial charge in [-0.25, -0.2) is 9.97 Å². The molecule has 6 nitrogen and oxygen atoms in total. The van der Waals surface area contributed by atoms with Crippen LogP contribution < -0.4 is 10.6 Å². The van der Waals surface area contributed by atoms with Crippen LogP contribution in [0.1, 0.15) is 50.3 Å². The second kappa shape index (κ2) is 11.2. The number of halogens is 1. The van der Waals surface area contributed by atoms with Gasteiger partial charge in [0.2, 0.25) is 5.91 Å². The Morgan fingerprint density at radius 2 is 2.09 bits per heavy atom. The van der Waals surface area contributed by atoms with Gasteiger partial charge in [-0.15, -0.1) is 11.6 Å². The number of carbonyl (C=O) groups excluding carboxylic acids is 1. The van der Waals surface area contributed by atoms with Crippen molar-refractivity contribution in [1.82, 2.24) is 14.4 Å². The lowest BCUT2D eigenvalue weighted by Gasteiger charge is -2.09. The van der Waals surface area contributed by atoms with Crippen LogP contribution in [-0.2, 0) is 11.3 Å². The predicted octanol–water partition coefficient (Wildman–Crippen LogP) is 6.23. The number of anilines is 2. The van der Waals surface area contributed by atoms with Crippen LogP contribution in [0.25, 0.3) is 5.65 Å². The minimum absolute atomic E-state index is 0.0275. The Morgan fingerprint density at radius 1 is 1.24 bits per heavy atom. The van der Waals surface area contributed by atoms with E-state index >= 15 is 0 Å². The van der Waals surface area contributed by atoms with Crippen LogP contribution >= 0.6 is 11.6 Å². The van der Waals surface area contributed by atoms with Gasteiger partial charge in [0.25, 0.3) is 0 Å². The highest BCUT2D eigenvalue weighted by Gasteiger charge is 2.23. The molecule has 7 heteroatoms. The average Bonchev–Trinajstić information content (AvgIpc) is 3.62. The van der Waals surface area contributed by atoms with Crippen LogP contribution in [-0.4, -0.2) is 25.7 Å². The van der Waals surface area contributed by atoms with Crippen molar-refractivity contribution >= 4 is 34.7 Å². The van der Waals surface area contributed by atoms with Gasteiger partial charge in [-0.3, -0.25) is 4.79 Å². The summed E-state index contributed by atoms with van der Waals surface area (Å²) >= 11 is 6.11. The van der Waals surface area contributed by atoms with Gasteiger partial charge in [-0.05, 0) is 48.4 Å². The zero-order chi connectivity index (χ0) is 23.9. The van der Waals surface area contributed by atoms with Gasteiger partial charge in [0, 0.05) is 36.4 Å². The molecule has 3 heterocycles. The first-order valence-electron chi connectivity index (χ1n) is 11.8. The fourth-order valence-electron chi connectivity index (χ4n) is 3.74. The normalized spacial score (nSPS) is 17.3. The molecule has 0 aromatic carbocycles. The number of amides is 1. The molecule has 0 spiro atoms. The van der Waals surface area contributed by atoms with Crippen molar-refractivity contribution in [2.75, 3.05) is 10.6 Å². The van der Waals surface area contributed by atoms with E-state index in [1.807, 2.05) is 44.2 Å². The molecule has 1 unspecified atom stereocenters. The van der Waals surface area contributed by atoms with Gasteiger partial charge in [-0.2, -0.15) is 0 Å². The molecule has 0 bridgehead atoms. The maximum absolute atomic E-state index is 12.3. The van der Waals surface area contributed by atoms with Gasteiger partial charge in [0.05, 0.1) is 17.6 Å². The number of pyridine rings is 2. The fourth-order valence-corrected chi connectivity index (χ4v) is 4.00. The van der Waals surface area contributed by atoms with Gasteiger partial charge in [0.1, 0.15) is 11.5 Å². The Bertz CT molecular complexity index is 1240. The summed E-state index contributed by atoms with van der Waals surface area (Å²) in [6.07, 6.45) is 18.3. The SMILES string of the molecule is CC.O=C(/C=C/C1=CC=CC(Cl)C1)Nc1cc(NCc2cn3cc(C4CC4)ccc3n2)ccn1. The number of allylic oxidation sites excluding steroid dienone is 5. The van der Waals surface area contributed by atoms with E-state index in [1.165, 1.54) is 24.5 Å². The summed E-state index contributed by atoms with van der Waals surface area (Å²) in [7, 11) is 0. The van der Waals surface area contributed by atoms with Gasteiger partial charge >= 0.3 is 0 Å². The van der Waals surface area contributed by atoms with E-state index in [1.54, 1.807) is 12.3 Å². The van der Waals surface area contributed by atoms with Gasteiger partial charge in [0.15, 0.2) is 0 Å². The highest BCUT2D eigenvalue weighted by Crippen LogP contribution is 2.39. The summed E-state index contributed by atoms with van der Waals surface area (Å²) in [4.78, 5) is 21.2. The highest BCUT2D eigenvalue weighted by atomic mass is 35.5. The van der Waals surface area contributed by atoms with E-state index < -0.39 is 0 Å². The molecule has 0 saturated heterocycles. The third kappa shape index (κ3) is 6.35. The number of carbonyl (C=O) groups is 1. The Labute approximate surface area is 205 Å². The molecule has 3 aromatic heterocycles. The quantitative estimate of drug-likeness (QED) is 0.313. The Hall–Kier alpha value is -3.38. The number of fused-ring (bicyclic) bond motifs is 1. The van der Waals surface area contributed by atoms with Crippen molar-refractivity contribution in [3.05, 3.63) is 90.1 Å². The van der Waals surface area contributed by atoms with E-state index in [4.69, 9.17) is 11.6 Å². The Balaban J connectivity index is 0.00000133. The smallest absolute Gasteiger partial charge is 0.249 e. The number of aromatic nitrogens is 3. The monoisotopic (exact) mass is 475 g/mol. The average molecular weight is 476 g/mol. The van der Waals surface area contributed by atoms with E-state index in [0.717, 1.165) is 28.5 Å². The van der Waals surface area contributed by atoms with Crippen LogP contribution in [0, 0.1) is 0 Å². The lowest BCUT2D eigenvalue weighted by atomic mass is 10.0. The second-order valence-corrected chi connectivity index (χ2v) is 8.75. The standard InChI is InChI=1S/C25H24ClN5O.C2H6/c26-20-3-1-2-17(12-20)4-9-25(32)30-23-13-21(10-11-27-23)28-14-22-16-31-15-19(18-5-6-18)7-8-24(31)29-22;1-2/h1-4,7-11,13,15-16,18,20H,5-6,12,14H2,(H2,27,28,30,32);1-2H3/b9-4+;. The molecular weight excluding hydrogens is 446 g/mol. The Morgan fingerprint density at radius 3 is 2.88 bits per heavy atom. The molecule has 2 aliphatic carbocycles. The van der Waals surface area contributed by atoms with Crippen LogP contribution in [0.2, 0.25) is 0 Å². The van der Waals surface area contributed by atoms with Crippen LogP contribution in [0.3, 0.4) is 0 Å². The number of nitrogens with zero attached hydrogens (tertiary/aromatic N) is 3. The summed E-state index contributed by atoms with van der Waals surface area (Å²) < 4.78 is 2.10. The summed E-state index contributed by atoms with van der Waals surface area (Å²) in [5.74, 6) is 0.974. The third-order valence-electron chi connectivity index (χ3n) is 5.57. The van der Waals surface area contributed by atoms with Crippen molar-refractivity contribution in [2.24, 2.45) is 0 Å². The summed E-state index contributed by atoms with van der Waals surface area (Å²) in [5, 5.41) is 6.13. The number of imidazole rings is 1. The number of hydrogen-bond donors (Lipinski definition) is 2. The first-order valence-corrected chi connectivity index (χ1v) is 12.2. The van der Waals surface area contributed by atoms with E-state index in [-0.39, 0.29) is 11.3 Å². The molecule has 1 saturated carbocycles. The minimum atomic E-state index is -0.233. The zero-order valence-electron chi connectivity index (χ0n) is 19.5. The maximum Gasteiger partial charge on any atom is 0.249 e. The molecule has 1 atom stereocenters. The summed E-state index contributed by atoms with van der Waals surface area (Å²) in [5.41, 5.74) is 5.17. The lowest BCUT2D eigenvalue weighted by molar-refractivity contribution is -0.111. The van der Waals surface area contributed by atoms with Crippen molar-refractivity contribution in [3.8, 4) is 0 Å². The second-order valence-electron chi connectivity index (χ2n) is 8.19. The van der Waals surface area contributed by atoms with E-state index in [2.05, 4.69) is 49.5 Å². The third-order valence-corrected chi connectivity index (χ3v) is 5.87. The van der Waals surface area contributed by atoms with E-state index in [9.17, 15) is 4.79 Å². The molecule has 1 fully saturated rings. The van der Waals surface area contributed by atoms with Crippen molar-refractivity contribution in [1.29, 1.82) is 0 Å². The van der Waals surface area contributed by atoms with Crippen LogP contribution in [0.4, 0.5) is 11.5 Å². The highest BCUT2D eigenvalue weighted by molar-refractivity contribution is 6.22. The topological polar surface area (TPSA) is 71.3 Å². The van der Waals surface area contributed by atoms with Gasteiger partial charge in [-0.1, -0.05) is 44.2 Å². The molecule has 2 N–H and O–H groups in total.